The summed E-state index contributed by atoms with van der Waals surface area (Å²) in [5, 5.41) is 10.2. The van der Waals surface area contributed by atoms with E-state index in [2.05, 4.69) is 19.1 Å². The number of amides is 1. The van der Waals surface area contributed by atoms with Crippen molar-refractivity contribution in [2.75, 3.05) is 0 Å². The topological polar surface area (TPSA) is 63.3 Å². The van der Waals surface area contributed by atoms with E-state index in [1.807, 2.05) is 6.92 Å². The van der Waals surface area contributed by atoms with Gasteiger partial charge in [0.1, 0.15) is 5.60 Å². The van der Waals surface area contributed by atoms with Crippen LogP contribution >= 0.6 is 0 Å². The minimum absolute atomic E-state index is 0.475. The molecule has 130 valence electrons. The highest BCUT2D eigenvalue weighted by Gasteiger charge is 2.31. The zero-order valence-electron chi connectivity index (χ0n) is 14.8. The Labute approximate surface area is 137 Å². The number of primary amides is 1. The van der Waals surface area contributed by atoms with Crippen molar-refractivity contribution in [2.45, 2.75) is 103 Å². The number of hydrogen-bond donors (Lipinski definition) is 2. The molecule has 0 heterocycles. The normalized spacial score (nSPS) is 14.3. The summed E-state index contributed by atoms with van der Waals surface area (Å²) in [4.78, 5) is 11.3. The molecular weight excluding hydrogens is 274 g/mol. The van der Waals surface area contributed by atoms with Crippen molar-refractivity contribution in [1.82, 2.24) is 0 Å². The fourth-order valence-corrected chi connectivity index (χ4v) is 2.74. The summed E-state index contributed by atoms with van der Waals surface area (Å²) in [7, 11) is 0. The molecule has 0 aliphatic carbocycles. The lowest BCUT2D eigenvalue weighted by atomic mass is 9.90. The summed E-state index contributed by atoms with van der Waals surface area (Å²) in [5.74, 6) is -0.569. The van der Waals surface area contributed by atoms with Crippen LogP contribution in [0.1, 0.15) is 97.3 Å². The number of nitrogens with two attached hydrogens (primary N) is 1. The molecule has 0 spiro atoms. The van der Waals surface area contributed by atoms with Crippen molar-refractivity contribution in [1.29, 1.82) is 0 Å². The second kappa shape index (κ2) is 13.8. The fourth-order valence-electron chi connectivity index (χ4n) is 2.74. The molecule has 1 unspecified atom stereocenters. The first-order valence-electron chi connectivity index (χ1n) is 9.24. The fraction of sp³-hybridized carbons (Fsp3) is 0.842. The van der Waals surface area contributed by atoms with Crippen LogP contribution in [0.25, 0.3) is 0 Å². The Bertz CT molecular complexity index is 302. The number of carbonyl (C=O) groups is 1. The van der Waals surface area contributed by atoms with Crippen LogP contribution in [0.4, 0.5) is 0 Å². The number of allylic oxidation sites excluding steroid dienone is 2. The van der Waals surface area contributed by atoms with Crippen LogP contribution in [0.2, 0.25) is 0 Å². The van der Waals surface area contributed by atoms with Crippen molar-refractivity contribution in [3.05, 3.63) is 12.2 Å². The Kier molecular flexibility index (Phi) is 13.3. The molecule has 0 fully saturated rings. The van der Waals surface area contributed by atoms with Crippen LogP contribution in [0.3, 0.4) is 0 Å². The molecule has 0 rings (SSSR count). The Hall–Kier alpha value is -0.830. The SMILES string of the molecule is CCCCCC/C=C\CCCCCCC(O)(CCC)C(N)=O. The maximum absolute atomic E-state index is 11.3. The van der Waals surface area contributed by atoms with Gasteiger partial charge >= 0.3 is 0 Å². The lowest BCUT2D eigenvalue weighted by Gasteiger charge is -2.23. The van der Waals surface area contributed by atoms with E-state index in [0.717, 1.165) is 32.1 Å². The van der Waals surface area contributed by atoms with Crippen molar-refractivity contribution < 1.29 is 9.90 Å². The lowest BCUT2D eigenvalue weighted by Crippen LogP contribution is -2.43. The Balaban J connectivity index is 3.53. The molecule has 1 amide bonds. The van der Waals surface area contributed by atoms with Gasteiger partial charge in [0, 0.05) is 0 Å². The summed E-state index contributed by atoms with van der Waals surface area (Å²) in [5.41, 5.74) is 4.01. The smallest absolute Gasteiger partial charge is 0.249 e. The molecule has 0 aromatic heterocycles. The lowest BCUT2D eigenvalue weighted by molar-refractivity contribution is -0.137. The Morgan fingerprint density at radius 2 is 1.41 bits per heavy atom. The number of unbranched alkanes of at least 4 members (excludes halogenated alkanes) is 8. The van der Waals surface area contributed by atoms with Gasteiger partial charge in [0.2, 0.25) is 5.91 Å². The number of aliphatic hydroxyl groups is 1. The molecule has 0 aliphatic heterocycles. The molecule has 0 aliphatic rings. The van der Waals surface area contributed by atoms with Crippen LogP contribution in [-0.4, -0.2) is 16.6 Å². The Morgan fingerprint density at radius 3 is 1.91 bits per heavy atom. The van der Waals surface area contributed by atoms with Gasteiger partial charge in [-0.25, -0.2) is 0 Å². The molecule has 22 heavy (non-hydrogen) atoms. The number of rotatable bonds is 15. The van der Waals surface area contributed by atoms with Gasteiger partial charge in [-0.05, 0) is 38.5 Å². The zero-order chi connectivity index (χ0) is 16.7. The van der Waals surface area contributed by atoms with Crippen LogP contribution in [0.15, 0.2) is 12.2 Å². The largest absolute Gasteiger partial charge is 0.380 e. The highest BCUT2D eigenvalue weighted by Crippen LogP contribution is 2.21. The standard InChI is InChI=1S/C19H37NO2/c1-3-5-6-7-8-9-10-11-12-13-14-15-17-19(22,16-4-2)18(20)21/h9-10,22H,3-8,11-17H2,1-2H3,(H2,20,21)/b10-9-. The van der Waals surface area contributed by atoms with E-state index < -0.39 is 11.5 Å². The molecular formula is C19H37NO2. The summed E-state index contributed by atoms with van der Waals surface area (Å²) >= 11 is 0. The predicted molar refractivity (Wildman–Crippen MR) is 94.7 cm³/mol. The molecule has 0 aromatic rings. The minimum Gasteiger partial charge on any atom is -0.380 e. The van der Waals surface area contributed by atoms with E-state index in [-0.39, 0.29) is 0 Å². The quantitative estimate of drug-likeness (QED) is 0.335. The predicted octanol–water partition coefficient (Wildman–Crippen LogP) is 4.87. The second-order valence-corrected chi connectivity index (χ2v) is 6.42. The van der Waals surface area contributed by atoms with Gasteiger partial charge in [-0.3, -0.25) is 4.79 Å². The highest BCUT2D eigenvalue weighted by atomic mass is 16.3. The summed E-state index contributed by atoms with van der Waals surface area (Å²) in [6.07, 6.45) is 18.3. The average Bonchev–Trinajstić information content (AvgIpc) is 2.48. The third-order valence-electron chi connectivity index (χ3n) is 4.22. The van der Waals surface area contributed by atoms with Gasteiger partial charge in [-0.15, -0.1) is 0 Å². The molecule has 3 nitrogen and oxygen atoms in total. The molecule has 0 saturated carbocycles. The molecule has 3 N–H and O–H groups in total. The minimum atomic E-state index is -1.28. The molecule has 0 saturated heterocycles. The second-order valence-electron chi connectivity index (χ2n) is 6.42. The van der Waals surface area contributed by atoms with Gasteiger partial charge < -0.3 is 10.8 Å². The van der Waals surface area contributed by atoms with Crippen molar-refractivity contribution in [2.24, 2.45) is 5.73 Å². The van der Waals surface area contributed by atoms with Crippen LogP contribution in [-0.2, 0) is 4.79 Å². The van der Waals surface area contributed by atoms with E-state index in [1.54, 1.807) is 0 Å². The van der Waals surface area contributed by atoms with E-state index in [0.29, 0.717) is 12.8 Å². The van der Waals surface area contributed by atoms with Gasteiger partial charge in [0.05, 0.1) is 0 Å². The van der Waals surface area contributed by atoms with Crippen LogP contribution < -0.4 is 5.73 Å². The molecule has 0 radical (unpaired) electrons. The van der Waals surface area contributed by atoms with Gasteiger partial charge in [-0.2, -0.15) is 0 Å². The molecule has 0 aromatic carbocycles. The zero-order valence-corrected chi connectivity index (χ0v) is 14.8. The molecule has 1 atom stereocenters. The van der Waals surface area contributed by atoms with Crippen molar-refractivity contribution >= 4 is 5.91 Å². The van der Waals surface area contributed by atoms with Gasteiger partial charge in [0.15, 0.2) is 0 Å². The molecule has 3 heteroatoms. The molecule has 0 bridgehead atoms. The summed E-state index contributed by atoms with van der Waals surface area (Å²) < 4.78 is 0. The average molecular weight is 312 g/mol. The summed E-state index contributed by atoms with van der Waals surface area (Å²) in [6.45, 7) is 4.20. The monoisotopic (exact) mass is 311 g/mol. The van der Waals surface area contributed by atoms with E-state index in [9.17, 15) is 9.90 Å². The number of carbonyl (C=O) groups excluding carboxylic acids is 1. The van der Waals surface area contributed by atoms with Gasteiger partial charge in [-0.1, -0.05) is 70.9 Å². The number of hydrogen-bond acceptors (Lipinski definition) is 2. The third-order valence-corrected chi connectivity index (χ3v) is 4.22. The highest BCUT2D eigenvalue weighted by molar-refractivity contribution is 5.83. The van der Waals surface area contributed by atoms with E-state index in [1.165, 1.54) is 38.5 Å². The maximum atomic E-state index is 11.3. The van der Waals surface area contributed by atoms with Crippen LogP contribution in [0.5, 0.6) is 0 Å². The van der Waals surface area contributed by atoms with Crippen molar-refractivity contribution in [3.8, 4) is 0 Å². The van der Waals surface area contributed by atoms with E-state index in [4.69, 9.17) is 5.73 Å². The van der Waals surface area contributed by atoms with Gasteiger partial charge in [0.25, 0.3) is 0 Å². The summed E-state index contributed by atoms with van der Waals surface area (Å²) in [6, 6.07) is 0. The Morgan fingerprint density at radius 1 is 0.864 bits per heavy atom. The van der Waals surface area contributed by atoms with E-state index >= 15 is 0 Å². The first kappa shape index (κ1) is 21.2. The first-order valence-corrected chi connectivity index (χ1v) is 9.24. The van der Waals surface area contributed by atoms with Crippen LogP contribution in [0, 0.1) is 0 Å². The third kappa shape index (κ3) is 10.8. The first-order chi connectivity index (χ1) is 10.6. The van der Waals surface area contributed by atoms with Crippen molar-refractivity contribution in [3.63, 3.8) is 0 Å². The maximum Gasteiger partial charge on any atom is 0.249 e.